The summed E-state index contributed by atoms with van der Waals surface area (Å²) < 4.78 is 0. The van der Waals surface area contributed by atoms with Crippen LogP contribution in [-0.4, -0.2) is 19.3 Å². The summed E-state index contributed by atoms with van der Waals surface area (Å²) in [5, 5.41) is 9.76. The molecule has 0 saturated carbocycles. The van der Waals surface area contributed by atoms with Crippen molar-refractivity contribution in [3.05, 3.63) is 0 Å². The van der Waals surface area contributed by atoms with Crippen LogP contribution in [0.25, 0.3) is 0 Å². The van der Waals surface area contributed by atoms with Gasteiger partial charge < -0.3 is 5.11 Å². The Balaban J connectivity index is 4.04. The molecule has 0 aromatic carbocycles. The highest BCUT2D eigenvalue weighted by Crippen LogP contribution is 2.10. The lowest BCUT2D eigenvalue weighted by Gasteiger charge is -2.13. The Morgan fingerprint density at radius 1 is 1.29 bits per heavy atom. The van der Waals surface area contributed by atoms with Crippen LogP contribution in [0, 0.1) is 17.4 Å². The molecule has 2 atom stereocenters. The zero-order valence-corrected chi connectivity index (χ0v) is 11.2. The van der Waals surface area contributed by atoms with Crippen LogP contribution < -0.4 is 0 Å². The molecule has 14 heavy (non-hydrogen) atoms. The van der Waals surface area contributed by atoms with Crippen molar-refractivity contribution in [1.29, 1.82) is 0 Å². The Bertz CT molecular complexity index is 207. The van der Waals surface area contributed by atoms with Gasteiger partial charge in [0.25, 0.3) is 0 Å². The van der Waals surface area contributed by atoms with Crippen molar-refractivity contribution in [3.63, 3.8) is 0 Å². The van der Waals surface area contributed by atoms with Gasteiger partial charge in [-0.3, -0.25) is 0 Å². The van der Waals surface area contributed by atoms with Crippen molar-refractivity contribution >= 4 is 8.07 Å². The third-order valence-corrected chi connectivity index (χ3v) is 3.00. The molecule has 2 heteroatoms. The quantitative estimate of drug-likeness (QED) is 0.561. The molecule has 0 aliphatic carbocycles. The van der Waals surface area contributed by atoms with Crippen molar-refractivity contribution < 1.29 is 5.11 Å². The largest absolute Gasteiger partial charge is 0.392 e. The van der Waals surface area contributed by atoms with Gasteiger partial charge in [0.15, 0.2) is 0 Å². The number of hydrogen-bond donors (Lipinski definition) is 1. The fraction of sp³-hybridized carbons (Fsp3) is 0.833. The number of unbranched alkanes of at least 4 members (excludes halogenated alkanes) is 1. The Labute approximate surface area is 89.9 Å². The minimum Gasteiger partial charge on any atom is -0.392 e. The minimum atomic E-state index is -1.27. The molecule has 0 amide bonds. The standard InChI is InChI=1S/C12H24OSi/c1-6-7-8-12(13)11(2)9-10-14(3,4)5/h11-13H,6-8H2,1-5H3/t11-,12+/m0/s1. The fourth-order valence-electron chi connectivity index (χ4n) is 1.09. The summed E-state index contributed by atoms with van der Waals surface area (Å²) in [6.07, 6.45) is 2.89. The zero-order chi connectivity index (χ0) is 11.2. The highest BCUT2D eigenvalue weighted by molar-refractivity contribution is 6.83. The molecule has 0 aliphatic rings. The average molecular weight is 212 g/mol. The van der Waals surface area contributed by atoms with Crippen molar-refractivity contribution in [2.75, 3.05) is 0 Å². The van der Waals surface area contributed by atoms with Gasteiger partial charge in [0, 0.05) is 5.92 Å². The number of aliphatic hydroxyl groups excluding tert-OH is 1. The maximum Gasteiger partial charge on any atom is 0.129 e. The highest BCUT2D eigenvalue weighted by atomic mass is 28.3. The van der Waals surface area contributed by atoms with Crippen molar-refractivity contribution in [3.8, 4) is 11.5 Å². The first-order valence-electron chi connectivity index (χ1n) is 5.57. The molecule has 0 saturated heterocycles. The molecular weight excluding hydrogens is 188 g/mol. The summed E-state index contributed by atoms with van der Waals surface area (Å²) >= 11 is 0. The lowest BCUT2D eigenvalue weighted by atomic mass is 10.0. The average Bonchev–Trinajstić information content (AvgIpc) is 2.09. The first-order valence-corrected chi connectivity index (χ1v) is 9.07. The van der Waals surface area contributed by atoms with E-state index in [0.29, 0.717) is 0 Å². The maximum atomic E-state index is 9.76. The van der Waals surface area contributed by atoms with Gasteiger partial charge in [-0.2, -0.15) is 0 Å². The molecule has 0 fully saturated rings. The summed E-state index contributed by atoms with van der Waals surface area (Å²) in [7, 11) is -1.27. The van der Waals surface area contributed by atoms with E-state index in [1.54, 1.807) is 0 Å². The molecule has 0 aromatic rings. The van der Waals surface area contributed by atoms with E-state index in [4.69, 9.17) is 0 Å². The Morgan fingerprint density at radius 2 is 1.86 bits per heavy atom. The van der Waals surface area contributed by atoms with E-state index in [2.05, 4.69) is 38.0 Å². The predicted octanol–water partition coefficient (Wildman–Crippen LogP) is 3.05. The summed E-state index contributed by atoms with van der Waals surface area (Å²) in [4.78, 5) is 0. The second-order valence-electron chi connectivity index (χ2n) is 5.02. The van der Waals surface area contributed by atoms with Crippen LogP contribution in [0.15, 0.2) is 0 Å². The summed E-state index contributed by atoms with van der Waals surface area (Å²) in [6, 6.07) is 0. The molecule has 0 heterocycles. The number of rotatable bonds is 4. The number of aliphatic hydroxyl groups is 1. The van der Waals surface area contributed by atoms with Gasteiger partial charge in [-0.1, -0.05) is 39.4 Å². The lowest BCUT2D eigenvalue weighted by Crippen LogP contribution is -2.20. The van der Waals surface area contributed by atoms with E-state index in [-0.39, 0.29) is 12.0 Å². The van der Waals surface area contributed by atoms with E-state index in [1.807, 2.05) is 6.92 Å². The molecule has 0 aromatic heterocycles. The van der Waals surface area contributed by atoms with Gasteiger partial charge in [0.1, 0.15) is 8.07 Å². The SMILES string of the molecule is CCCC[C@@H](O)[C@@H](C)C#C[Si](C)(C)C. The zero-order valence-electron chi connectivity index (χ0n) is 10.2. The van der Waals surface area contributed by atoms with E-state index in [1.165, 1.54) is 0 Å². The third-order valence-electron chi connectivity index (χ3n) is 2.11. The van der Waals surface area contributed by atoms with E-state index >= 15 is 0 Å². The molecular formula is C12H24OSi. The smallest absolute Gasteiger partial charge is 0.129 e. The summed E-state index contributed by atoms with van der Waals surface area (Å²) in [6.45, 7) is 10.8. The Morgan fingerprint density at radius 3 is 2.29 bits per heavy atom. The topological polar surface area (TPSA) is 20.2 Å². The van der Waals surface area contributed by atoms with Crippen molar-refractivity contribution in [2.45, 2.75) is 58.9 Å². The highest BCUT2D eigenvalue weighted by Gasteiger charge is 2.12. The van der Waals surface area contributed by atoms with Gasteiger partial charge in [-0.15, -0.1) is 11.5 Å². The van der Waals surface area contributed by atoms with Crippen LogP contribution in [-0.2, 0) is 0 Å². The van der Waals surface area contributed by atoms with Gasteiger partial charge in [-0.25, -0.2) is 0 Å². The van der Waals surface area contributed by atoms with E-state index < -0.39 is 8.07 Å². The lowest BCUT2D eigenvalue weighted by molar-refractivity contribution is 0.129. The molecule has 0 spiro atoms. The molecule has 0 rings (SSSR count). The normalized spacial score (nSPS) is 15.6. The second kappa shape index (κ2) is 6.26. The monoisotopic (exact) mass is 212 g/mol. The van der Waals surface area contributed by atoms with Gasteiger partial charge in [0.05, 0.1) is 6.10 Å². The van der Waals surface area contributed by atoms with Crippen LogP contribution in [0.3, 0.4) is 0 Å². The molecule has 0 radical (unpaired) electrons. The third kappa shape index (κ3) is 7.17. The van der Waals surface area contributed by atoms with Gasteiger partial charge in [-0.05, 0) is 13.3 Å². The molecule has 0 bridgehead atoms. The second-order valence-corrected chi connectivity index (χ2v) is 9.77. The van der Waals surface area contributed by atoms with Crippen molar-refractivity contribution in [2.24, 2.45) is 5.92 Å². The van der Waals surface area contributed by atoms with Crippen LogP contribution in [0.2, 0.25) is 19.6 Å². The van der Waals surface area contributed by atoms with Gasteiger partial charge >= 0.3 is 0 Å². The fourth-order valence-corrected chi connectivity index (χ4v) is 1.75. The van der Waals surface area contributed by atoms with Crippen LogP contribution in [0.4, 0.5) is 0 Å². The Kier molecular flexibility index (Phi) is 6.15. The van der Waals surface area contributed by atoms with Crippen LogP contribution in [0.1, 0.15) is 33.1 Å². The molecule has 1 nitrogen and oxygen atoms in total. The first-order chi connectivity index (χ1) is 6.37. The van der Waals surface area contributed by atoms with Gasteiger partial charge in [0.2, 0.25) is 0 Å². The Hall–Kier alpha value is -0.263. The minimum absolute atomic E-state index is 0.133. The maximum absolute atomic E-state index is 9.76. The molecule has 0 aliphatic heterocycles. The first kappa shape index (κ1) is 13.7. The summed E-state index contributed by atoms with van der Waals surface area (Å²) in [5.41, 5.74) is 3.31. The molecule has 82 valence electrons. The van der Waals surface area contributed by atoms with E-state index in [9.17, 15) is 5.11 Å². The van der Waals surface area contributed by atoms with Crippen LogP contribution >= 0.6 is 0 Å². The summed E-state index contributed by atoms with van der Waals surface area (Å²) in [5.74, 6) is 3.33. The molecule has 0 unspecified atom stereocenters. The number of hydrogen-bond acceptors (Lipinski definition) is 1. The molecule has 1 N–H and O–H groups in total. The van der Waals surface area contributed by atoms with Crippen LogP contribution in [0.5, 0.6) is 0 Å². The van der Waals surface area contributed by atoms with E-state index in [0.717, 1.165) is 19.3 Å². The van der Waals surface area contributed by atoms with Crippen molar-refractivity contribution in [1.82, 2.24) is 0 Å². The predicted molar refractivity (Wildman–Crippen MR) is 65.8 cm³/mol.